The highest BCUT2D eigenvalue weighted by atomic mass is 32.5. The van der Waals surface area contributed by atoms with Crippen LogP contribution in [0.25, 0.3) is 0 Å². The molecule has 0 aromatic heterocycles. The molecule has 0 spiro atoms. The number of rotatable bonds is 4. The van der Waals surface area contributed by atoms with Gasteiger partial charge in [-0.2, -0.15) is 0 Å². The van der Waals surface area contributed by atoms with Crippen LogP contribution in [0.4, 0.5) is 0 Å². The van der Waals surface area contributed by atoms with Crippen molar-refractivity contribution < 1.29 is 23.4 Å². The third-order valence-electron chi connectivity index (χ3n) is 3.61. The van der Waals surface area contributed by atoms with Crippen molar-refractivity contribution in [1.82, 2.24) is 0 Å². The predicted molar refractivity (Wildman–Crippen MR) is 66.3 cm³/mol. The van der Waals surface area contributed by atoms with Crippen LogP contribution in [0.15, 0.2) is 0 Å². The first-order chi connectivity index (χ1) is 7.94. The van der Waals surface area contributed by atoms with Crippen molar-refractivity contribution in [1.29, 1.82) is 0 Å². The number of fused-ring (bicyclic) bond motifs is 2. The molecule has 0 radical (unpaired) electrons. The normalized spacial score (nSPS) is 44.6. The maximum atomic E-state index is 9.81. The van der Waals surface area contributed by atoms with Gasteiger partial charge in [0.15, 0.2) is 0 Å². The number of hydrogen-bond donors (Lipinski definition) is 1. The van der Waals surface area contributed by atoms with E-state index in [0.717, 1.165) is 12.8 Å². The molecule has 5 atom stereocenters. The Kier molecular flexibility index (Phi) is 3.96. The second-order valence-corrected chi connectivity index (χ2v) is 7.40. The second-order valence-electron chi connectivity index (χ2n) is 4.50. The first-order valence-electron chi connectivity index (χ1n) is 5.80. The average Bonchev–Trinajstić information content (AvgIpc) is 2.46. The Bertz CT molecular complexity index is 339. The molecule has 0 amide bonds. The van der Waals surface area contributed by atoms with E-state index in [1.54, 1.807) is 0 Å². The van der Waals surface area contributed by atoms with Crippen molar-refractivity contribution in [3.8, 4) is 0 Å². The Morgan fingerprint density at radius 2 is 2.29 bits per heavy atom. The molecular formula is C10H19O5PS. The molecule has 2 aliphatic rings. The van der Waals surface area contributed by atoms with Gasteiger partial charge < -0.3 is 18.9 Å². The molecule has 7 heteroatoms. The number of ether oxygens (including phenoxy) is 2. The van der Waals surface area contributed by atoms with E-state index in [1.807, 2.05) is 13.8 Å². The molecule has 2 saturated heterocycles. The molecule has 2 heterocycles. The summed E-state index contributed by atoms with van der Waals surface area (Å²) in [7, 11) is 1.36. The lowest BCUT2D eigenvalue weighted by Crippen LogP contribution is -2.49. The molecular weight excluding hydrogens is 263 g/mol. The lowest BCUT2D eigenvalue weighted by atomic mass is 9.87. The van der Waals surface area contributed by atoms with E-state index in [2.05, 4.69) is 0 Å². The number of hydrogen-bond acceptors (Lipinski definition) is 5. The monoisotopic (exact) mass is 282 g/mol. The highest BCUT2D eigenvalue weighted by Gasteiger charge is 2.57. The van der Waals surface area contributed by atoms with Crippen LogP contribution in [0.5, 0.6) is 0 Å². The van der Waals surface area contributed by atoms with Crippen LogP contribution in [-0.4, -0.2) is 42.5 Å². The molecule has 0 aliphatic carbocycles. The molecule has 0 aromatic carbocycles. The molecule has 1 N–H and O–H groups in total. The Morgan fingerprint density at radius 1 is 1.59 bits per heavy atom. The maximum absolute atomic E-state index is 9.81. The zero-order valence-electron chi connectivity index (χ0n) is 10.3. The Hall–Kier alpha value is 0.450. The van der Waals surface area contributed by atoms with Crippen LogP contribution in [-0.2, 0) is 30.3 Å². The van der Waals surface area contributed by atoms with Gasteiger partial charge in [-0.1, -0.05) is 6.92 Å². The van der Waals surface area contributed by atoms with Gasteiger partial charge in [0.25, 0.3) is 0 Å². The van der Waals surface area contributed by atoms with E-state index in [9.17, 15) is 4.89 Å². The van der Waals surface area contributed by atoms with Gasteiger partial charge in [-0.15, -0.1) is 0 Å². The molecule has 5 nitrogen and oxygen atoms in total. The topological polar surface area (TPSA) is 57.2 Å². The SMILES string of the molecule is CC[C@]12CCO[C@@H](C1OP(O)(=S)OC)[C@H](C)O2. The van der Waals surface area contributed by atoms with E-state index in [4.69, 9.17) is 30.3 Å². The predicted octanol–water partition coefficient (Wildman–Crippen LogP) is 1.59. The Labute approximate surface area is 107 Å². The second kappa shape index (κ2) is 4.85. The van der Waals surface area contributed by atoms with E-state index < -0.39 is 12.3 Å². The fourth-order valence-corrected chi connectivity index (χ4v) is 3.61. The molecule has 2 unspecified atom stereocenters. The third kappa shape index (κ3) is 2.45. The summed E-state index contributed by atoms with van der Waals surface area (Å²) in [4.78, 5) is 9.81. The van der Waals surface area contributed by atoms with Crippen molar-refractivity contribution in [2.45, 2.75) is 50.6 Å². The van der Waals surface area contributed by atoms with Crippen LogP contribution in [0.3, 0.4) is 0 Å². The van der Waals surface area contributed by atoms with Gasteiger partial charge in [0.05, 0.1) is 18.3 Å². The first kappa shape index (κ1) is 13.9. The van der Waals surface area contributed by atoms with Gasteiger partial charge in [0, 0.05) is 13.5 Å². The molecule has 2 bridgehead atoms. The average molecular weight is 282 g/mol. The minimum absolute atomic E-state index is 0.0469. The minimum Gasteiger partial charge on any atom is -0.373 e. The summed E-state index contributed by atoms with van der Waals surface area (Å²) in [5.74, 6) is 0. The lowest BCUT2D eigenvalue weighted by Gasteiger charge is -2.39. The van der Waals surface area contributed by atoms with Crippen molar-refractivity contribution in [2.75, 3.05) is 13.7 Å². The van der Waals surface area contributed by atoms with Crippen molar-refractivity contribution in [3.05, 3.63) is 0 Å². The highest BCUT2D eigenvalue weighted by molar-refractivity contribution is 8.07. The van der Waals surface area contributed by atoms with Crippen LogP contribution in [0.1, 0.15) is 26.7 Å². The summed E-state index contributed by atoms with van der Waals surface area (Å²) < 4.78 is 22.1. The zero-order chi connectivity index (χ0) is 12.7. The maximum Gasteiger partial charge on any atom is 0.324 e. The summed E-state index contributed by atoms with van der Waals surface area (Å²) in [6, 6.07) is 0. The Morgan fingerprint density at radius 3 is 2.88 bits per heavy atom. The van der Waals surface area contributed by atoms with E-state index in [-0.39, 0.29) is 18.3 Å². The largest absolute Gasteiger partial charge is 0.373 e. The van der Waals surface area contributed by atoms with Gasteiger partial charge in [-0.25, -0.2) is 0 Å². The minimum atomic E-state index is -3.19. The molecule has 2 rings (SSSR count). The highest BCUT2D eigenvalue weighted by Crippen LogP contribution is 2.52. The summed E-state index contributed by atoms with van der Waals surface area (Å²) in [5.41, 5.74) is -0.395. The van der Waals surface area contributed by atoms with Gasteiger partial charge in [0.1, 0.15) is 12.2 Å². The molecule has 2 aliphatic heterocycles. The van der Waals surface area contributed by atoms with E-state index >= 15 is 0 Å². The molecule has 2 fully saturated rings. The molecule has 0 saturated carbocycles. The summed E-state index contributed by atoms with van der Waals surface area (Å²) >= 11 is 4.91. The van der Waals surface area contributed by atoms with Crippen LogP contribution >= 0.6 is 6.72 Å². The quantitative estimate of drug-likeness (QED) is 0.790. The zero-order valence-corrected chi connectivity index (χ0v) is 12.0. The van der Waals surface area contributed by atoms with Crippen molar-refractivity contribution in [3.63, 3.8) is 0 Å². The lowest BCUT2D eigenvalue weighted by molar-refractivity contribution is -0.113. The Balaban J connectivity index is 2.22. The van der Waals surface area contributed by atoms with E-state index in [0.29, 0.717) is 6.61 Å². The summed E-state index contributed by atoms with van der Waals surface area (Å²) in [5, 5.41) is 0. The fourth-order valence-electron chi connectivity index (χ4n) is 2.65. The van der Waals surface area contributed by atoms with Gasteiger partial charge >= 0.3 is 6.72 Å². The third-order valence-corrected chi connectivity index (χ3v) is 5.27. The summed E-state index contributed by atoms with van der Waals surface area (Å²) in [6.45, 7) is 1.47. The van der Waals surface area contributed by atoms with Crippen LogP contribution in [0.2, 0.25) is 0 Å². The first-order valence-corrected chi connectivity index (χ1v) is 8.39. The van der Waals surface area contributed by atoms with Crippen molar-refractivity contribution in [2.24, 2.45) is 0 Å². The fraction of sp³-hybridized carbons (Fsp3) is 1.00. The van der Waals surface area contributed by atoms with Crippen LogP contribution < -0.4 is 0 Å². The molecule has 17 heavy (non-hydrogen) atoms. The van der Waals surface area contributed by atoms with Gasteiger partial charge in [-0.05, 0) is 25.2 Å². The van der Waals surface area contributed by atoms with Crippen LogP contribution in [0, 0.1) is 0 Å². The molecule has 0 aromatic rings. The smallest absolute Gasteiger partial charge is 0.324 e. The molecule has 100 valence electrons. The standard InChI is InChI=1S/C10H19O5PS/c1-4-10-5-6-13-8(7(2)14-10)9(10)15-16(11,17)12-3/h7-9H,4-6H2,1-3H3,(H,11,17)/t7-,8+,9?,10-,16?/m0/s1. The van der Waals surface area contributed by atoms with Crippen molar-refractivity contribution >= 4 is 18.5 Å². The van der Waals surface area contributed by atoms with Gasteiger partial charge in [-0.3, -0.25) is 4.52 Å². The van der Waals surface area contributed by atoms with Gasteiger partial charge in [0.2, 0.25) is 0 Å². The summed E-state index contributed by atoms with van der Waals surface area (Å²) in [6.07, 6.45) is 1.00. The van der Waals surface area contributed by atoms with E-state index in [1.165, 1.54) is 7.11 Å².